The van der Waals surface area contributed by atoms with Crippen molar-refractivity contribution in [1.29, 1.82) is 0 Å². The highest BCUT2D eigenvalue weighted by molar-refractivity contribution is 9.10. The molecule has 5 aromatic carbocycles. The largest absolute Gasteiger partial charge is 0.151 e. The Balaban J connectivity index is 1.57. The lowest BCUT2D eigenvalue weighted by Crippen LogP contribution is -1.85. The summed E-state index contributed by atoms with van der Waals surface area (Å²) in [4.78, 5) is 0. The summed E-state index contributed by atoms with van der Waals surface area (Å²) in [6, 6.07) is 35.5. The normalized spacial score (nSPS) is 11.5. The summed E-state index contributed by atoms with van der Waals surface area (Å²) in [5.41, 5.74) is 4.11. The van der Waals surface area contributed by atoms with E-state index in [1.54, 1.807) is 0 Å². The van der Waals surface area contributed by atoms with Crippen LogP contribution in [0.1, 0.15) is 0 Å². The molecule has 0 aliphatic carbocycles. The number of hydrogen-bond acceptors (Lipinski definition) is 2. The monoisotopic (exact) mass is 436 g/mol. The van der Waals surface area contributed by atoms with Gasteiger partial charge in [0.25, 0.3) is 0 Å². The molecule has 3 heteroatoms. The van der Waals surface area contributed by atoms with E-state index in [9.17, 15) is 0 Å². The van der Waals surface area contributed by atoms with Crippen LogP contribution in [-0.2, 0) is 0 Å². The maximum Gasteiger partial charge on any atom is 0.0857 e. The van der Waals surface area contributed by atoms with E-state index < -0.39 is 0 Å². The fourth-order valence-corrected chi connectivity index (χ4v) is 3.91. The van der Waals surface area contributed by atoms with Crippen molar-refractivity contribution in [3.8, 4) is 11.1 Å². The van der Waals surface area contributed by atoms with Crippen molar-refractivity contribution < 1.29 is 0 Å². The average molecular weight is 437 g/mol. The standard InChI is InChI=1S/C26H17BrN2/c27-21-11-15-23(16-12-21)29-28-22-13-9-18(10-14-22)26-24-7-3-1-5-19(24)17-20-6-2-4-8-25(20)26/h1-17H/b29-28+. The lowest BCUT2D eigenvalue weighted by molar-refractivity contribution is 1.23. The summed E-state index contributed by atoms with van der Waals surface area (Å²) >= 11 is 3.43. The molecule has 0 saturated heterocycles. The molecule has 0 aliphatic rings. The summed E-state index contributed by atoms with van der Waals surface area (Å²) in [6.45, 7) is 0. The van der Waals surface area contributed by atoms with Gasteiger partial charge < -0.3 is 0 Å². The van der Waals surface area contributed by atoms with Crippen molar-refractivity contribution in [3.05, 3.63) is 108 Å². The molecule has 0 heterocycles. The van der Waals surface area contributed by atoms with Gasteiger partial charge >= 0.3 is 0 Å². The smallest absolute Gasteiger partial charge is 0.0857 e. The highest BCUT2D eigenvalue weighted by Crippen LogP contribution is 2.37. The van der Waals surface area contributed by atoms with E-state index in [2.05, 4.69) is 92.9 Å². The highest BCUT2D eigenvalue weighted by atomic mass is 79.9. The second kappa shape index (κ2) is 7.61. The maximum absolute atomic E-state index is 4.38. The summed E-state index contributed by atoms with van der Waals surface area (Å²) in [5.74, 6) is 0. The van der Waals surface area contributed by atoms with Gasteiger partial charge in [-0.15, -0.1) is 0 Å². The van der Waals surface area contributed by atoms with Gasteiger partial charge in [0, 0.05) is 4.47 Å². The zero-order chi connectivity index (χ0) is 19.6. The first-order valence-corrected chi connectivity index (χ1v) is 10.3. The van der Waals surface area contributed by atoms with Gasteiger partial charge in [-0.25, -0.2) is 0 Å². The minimum absolute atomic E-state index is 0.831. The van der Waals surface area contributed by atoms with E-state index in [1.807, 2.05) is 36.4 Å². The SMILES string of the molecule is Brc1ccc(/N=N/c2ccc(-c3c4ccccc4cc4ccccc34)cc2)cc1. The van der Waals surface area contributed by atoms with Crippen molar-refractivity contribution in [1.82, 2.24) is 0 Å². The Morgan fingerprint density at radius 3 is 1.55 bits per heavy atom. The molecular formula is C26H17BrN2. The second-order valence-corrected chi connectivity index (χ2v) is 7.83. The van der Waals surface area contributed by atoms with E-state index in [0.29, 0.717) is 0 Å². The molecule has 2 nitrogen and oxygen atoms in total. The second-order valence-electron chi connectivity index (χ2n) is 6.92. The number of benzene rings is 5. The van der Waals surface area contributed by atoms with Crippen LogP contribution >= 0.6 is 15.9 Å². The molecule has 5 rings (SSSR count). The predicted molar refractivity (Wildman–Crippen MR) is 125 cm³/mol. The number of halogens is 1. The van der Waals surface area contributed by atoms with Crippen LogP contribution in [0.2, 0.25) is 0 Å². The first-order chi connectivity index (χ1) is 14.3. The molecule has 0 bridgehead atoms. The third-order valence-corrected chi connectivity index (χ3v) is 5.56. The zero-order valence-corrected chi connectivity index (χ0v) is 17.2. The molecule has 0 saturated carbocycles. The third-order valence-electron chi connectivity index (χ3n) is 5.03. The fourth-order valence-electron chi connectivity index (χ4n) is 3.64. The van der Waals surface area contributed by atoms with E-state index in [-0.39, 0.29) is 0 Å². The summed E-state index contributed by atoms with van der Waals surface area (Å²) in [6.07, 6.45) is 0. The van der Waals surface area contributed by atoms with Crippen molar-refractivity contribution in [2.24, 2.45) is 10.2 Å². The Bertz CT molecular complexity index is 1280. The van der Waals surface area contributed by atoms with Crippen LogP contribution in [0.4, 0.5) is 11.4 Å². The van der Waals surface area contributed by atoms with E-state index in [4.69, 9.17) is 0 Å². The van der Waals surface area contributed by atoms with E-state index in [1.165, 1.54) is 32.7 Å². The number of nitrogens with zero attached hydrogens (tertiary/aromatic N) is 2. The van der Waals surface area contributed by atoms with Crippen molar-refractivity contribution >= 4 is 48.8 Å². The number of azo groups is 1. The molecular weight excluding hydrogens is 420 g/mol. The third kappa shape index (κ3) is 3.57. The van der Waals surface area contributed by atoms with Gasteiger partial charge in [-0.1, -0.05) is 76.6 Å². The molecule has 0 unspecified atom stereocenters. The summed E-state index contributed by atoms with van der Waals surface area (Å²) in [5, 5.41) is 13.7. The van der Waals surface area contributed by atoms with Gasteiger partial charge in [-0.05, 0) is 75.1 Å². The molecule has 0 atom stereocenters. The number of fused-ring (bicyclic) bond motifs is 2. The minimum Gasteiger partial charge on any atom is -0.151 e. The Hall–Kier alpha value is -3.30. The lowest BCUT2D eigenvalue weighted by atomic mass is 9.92. The van der Waals surface area contributed by atoms with Gasteiger partial charge in [0.1, 0.15) is 0 Å². The lowest BCUT2D eigenvalue weighted by Gasteiger charge is -2.12. The van der Waals surface area contributed by atoms with Crippen LogP contribution in [0.3, 0.4) is 0 Å². The highest BCUT2D eigenvalue weighted by Gasteiger charge is 2.09. The average Bonchev–Trinajstić information content (AvgIpc) is 2.77. The number of hydrogen-bond donors (Lipinski definition) is 0. The Labute approximate surface area is 177 Å². The zero-order valence-electron chi connectivity index (χ0n) is 15.6. The van der Waals surface area contributed by atoms with Crippen LogP contribution < -0.4 is 0 Å². The van der Waals surface area contributed by atoms with Gasteiger partial charge in [0.05, 0.1) is 11.4 Å². The first-order valence-electron chi connectivity index (χ1n) is 9.46. The Morgan fingerprint density at radius 1 is 0.517 bits per heavy atom. The minimum atomic E-state index is 0.831. The van der Waals surface area contributed by atoms with Gasteiger partial charge in [-0.2, -0.15) is 10.2 Å². The van der Waals surface area contributed by atoms with Crippen molar-refractivity contribution in [2.45, 2.75) is 0 Å². The molecule has 0 aromatic heterocycles. The van der Waals surface area contributed by atoms with Gasteiger partial charge in [0.15, 0.2) is 0 Å². The molecule has 0 amide bonds. The fraction of sp³-hybridized carbons (Fsp3) is 0. The molecule has 5 aromatic rings. The van der Waals surface area contributed by atoms with Crippen LogP contribution in [0, 0.1) is 0 Å². The summed E-state index contributed by atoms with van der Waals surface area (Å²) in [7, 11) is 0. The van der Waals surface area contributed by atoms with Crippen LogP contribution in [0.25, 0.3) is 32.7 Å². The summed E-state index contributed by atoms with van der Waals surface area (Å²) < 4.78 is 1.03. The molecule has 29 heavy (non-hydrogen) atoms. The molecule has 0 fully saturated rings. The molecule has 0 spiro atoms. The van der Waals surface area contributed by atoms with Crippen molar-refractivity contribution in [3.63, 3.8) is 0 Å². The molecule has 138 valence electrons. The molecule has 0 radical (unpaired) electrons. The predicted octanol–water partition coefficient (Wildman–Crippen LogP) is 8.84. The first kappa shape index (κ1) is 17.8. The Kier molecular flexibility index (Phi) is 4.66. The van der Waals surface area contributed by atoms with Crippen LogP contribution in [0.15, 0.2) is 118 Å². The van der Waals surface area contributed by atoms with Crippen molar-refractivity contribution in [2.75, 3.05) is 0 Å². The van der Waals surface area contributed by atoms with E-state index in [0.717, 1.165) is 15.8 Å². The molecule has 0 aliphatic heterocycles. The van der Waals surface area contributed by atoms with Gasteiger partial charge in [-0.3, -0.25) is 0 Å². The quantitative estimate of drug-likeness (QED) is 0.199. The topological polar surface area (TPSA) is 24.7 Å². The van der Waals surface area contributed by atoms with Crippen LogP contribution in [-0.4, -0.2) is 0 Å². The number of rotatable bonds is 3. The van der Waals surface area contributed by atoms with Gasteiger partial charge in [0.2, 0.25) is 0 Å². The van der Waals surface area contributed by atoms with Crippen LogP contribution in [0.5, 0.6) is 0 Å². The Morgan fingerprint density at radius 2 is 1.00 bits per heavy atom. The molecule has 0 N–H and O–H groups in total. The van der Waals surface area contributed by atoms with E-state index >= 15 is 0 Å². The maximum atomic E-state index is 4.38.